The Morgan fingerprint density at radius 3 is 2.09 bits per heavy atom. The van der Waals surface area contributed by atoms with Crippen LogP contribution in [-0.4, -0.2) is 48.3 Å². The maximum Gasteiger partial charge on any atom is 0.308 e. The van der Waals surface area contributed by atoms with E-state index in [1.54, 1.807) is 69.5 Å². The van der Waals surface area contributed by atoms with Crippen molar-refractivity contribution < 1.29 is 28.7 Å². The van der Waals surface area contributed by atoms with Gasteiger partial charge < -0.3 is 14.8 Å². The van der Waals surface area contributed by atoms with Gasteiger partial charge in [-0.05, 0) is 43.7 Å². The number of ether oxygens (including phenoxy) is 2. The molecule has 0 aromatic heterocycles. The SMILES string of the molecule is COc1ccc(C(CC(=O)OC(C)C)NC(=O)CCN2C(=O)c3ccccc3C2=O)cc1. The second-order valence-electron chi connectivity index (χ2n) is 7.69. The second-order valence-corrected chi connectivity index (χ2v) is 7.69. The van der Waals surface area contributed by atoms with E-state index < -0.39 is 23.8 Å². The van der Waals surface area contributed by atoms with Gasteiger partial charge in [0.15, 0.2) is 0 Å². The van der Waals surface area contributed by atoms with E-state index in [-0.39, 0.29) is 31.4 Å². The molecule has 0 bridgehead atoms. The van der Waals surface area contributed by atoms with Gasteiger partial charge in [-0.1, -0.05) is 24.3 Å². The van der Waals surface area contributed by atoms with Gasteiger partial charge in [0.2, 0.25) is 5.91 Å². The summed E-state index contributed by atoms with van der Waals surface area (Å²) in [6, 6.07) is 12.9. The molecule has 32 heavy (non-hydrogen) atoms. The van der Waals surface area contributed by atoms with E-state index in [1.165, 1.54) is 0 Å². The van der Waals surface area contributed by atoms with Crippen molar-refractivity contribution >= 4 is 23.7 Å². The van der Waals surface area contributed by atoms with E-state index >= 15 is 0 Å². The number of methoxy groups -OCH3 is 1. The highest BCUT2D eigenvalue weighted by atomic mass is 16.5. The number of carbonyl (C=O) groups is 4. The fourth-order valence-electron chi connectivity index (χ4n) is 3.49. The minimum absolute atomic E-state index is 0.0516. The third-order valence-electron chi connectivity index (χ3n) is 5.03. The number of hydrogen-bond acceptors (Lipinski definition) is 6. The maximum absolute atomic E-state index is 12.7. The average Bonchev–Trinajstić information content (AvgIpc) is 3.01. The predicted octanol–water partition coefficient (Wildman–Crippen LogP) is 2.88. The topological polar surface area (TPSA) is 102 Å². The predicted molar refractivity (Wildman–Crippen MR) is 116 cm³/mol. The van der Waals surface area contributed by atoms with Crippen LogP contribution in [0.3, 0.4) is 0 Å². The molecule has 0 saturated carbocycles. The number of hydrogen-bond donors (Lipinski definition) is 1. The van der Waals surface area contributed by atoms with E-state index in [0.717, 1.165) is 4.90 Å². The number of amides is 3. The number of nitrogens with one attached hydrogen (secondary N) is 1. The summed E-state index contributed by atoms with van der Waals surface area (Å²) >= 11 is 0. The molecule has 168 valence electrons. The van der Waals surface area contributed by atoms with Crippen molar-refractivity contribution in [1.29, 1.82) is 0 Å². The van der Waals surface area contributed by atoms with Crippen LogP contribution in [0.2, 0.25) is 0 Å². The van der Waals surface area contributed by atoms with Crippen LogP contribution in [0, 0.1) is 0 Å². The average molecular weight is 438 g/mol. The molecule has 8 heteroatoms. The number of benzene rings is 2. The first-order chi connectivity index (χ1) is 15.3. The van der Waals surface area contributed by atoms with Gasteiger partial charge in [-0.25, -0.2) is 0 Å². The molecule has 2 aromatic carbocycles. The summed E-state index contributed by atoms with van der Waals surface area (Å²) < 4.78 is 10.4. The van der Waals surface area contributed by atoms with Gasteiger partial charge in [0.25, 0.3) is 11.8 Å². The van der Waals surface area contributed by atoms with E-state index in [9.17, 15) is 19.2 Å². The number of rotatable bonds is 9. The number of nitrogens with zero attached hydrogens (tertiary/aromatic N) is 1. The quantitative estimate of drug-likeness (QED) is 0.477. The summed E-state index contributed by atoms with van der Waals surface area (Å²) in [5.41, 5.74) is 1.39. The Morgan fingerprint density at radius 1 is 0.969 bits per heavy atom. The fourth-order valence-corrected chi connectivity index (χ4v) is 3.49. The van der Waals surface area contributed by atoms with Gasteiger partial charge in [0.05, 0.1) is 36.8 Å². The fraction of sp³-hybridized carbons (Fsp3) is 0.333. The van der Waals surface area contributed by atoms with Crippen LogP contribution < -0.4 is 10.1 Å². The molecule has 0 aliphatic carbocycles. The molecule has 0 spiro atoms. The molecule has 1 aliphatic heterocycles. The molecule has 1 heterocycles. The van der Waals surface area contributed by atoms with Crippen molar-refractivity contribution in [3.8, 4) is 5.75 Å². The Hall–Kier alpha value is -3.68. The molecule has 3 rings (SSSR count). The highest BCUT2D eigenvalue weighted by molar-refractivity contribution is 6.21. The number of imide groups is 1. The first kappa shape index (κ1) is 23.0. The lowest BCUT2D eigenvalue weighted by Crippen LogP contribution is -2.36. The normalized spacial score (nSPS) is 13.7. The zero-order chi connectivity index (χ0) is 23.3. The Bertz CT molecular complexity index is 980. The van der Waals surface area contributed by atoms with Gasteiger partial charge in [-0.2, -0.15) is 0 Å². The Morgan fingerprint density at radius 2 is 1.56 bits per heavy atom. The lowest BCUT2D eigenvalue weighted by molar-refractivity contribution is -0.148. The monoisotopic (exact) mass is 438 g/mol. The standard InChI is InChI=1S/C24H26N2O6/c1-15(2)32-22(28)14-20(16-8-10-17(31-3)11-9-16)25-21(27)12-13-26-23(29)18-6-4-5-7-19(18)24(26)30/h4-11,15,20H,12-14H2,1-3H3,(H,25,27). The first-order valence-electron chi connectivity index (χ1n) is 10.4. The summed E-state index contributed by atoms with van der Waals surface area (Å²) in [6.45, 7) is 3.45. The highest BCUT2D eigenvalue weighted by Gasteiger charge is 2.35. The molecule has 0 radical (unpaired) electrons. The smallest absolute Gasteiger partial charge is 0.308 e. The first-order valence-corrected chi connectivity index (χ1v) is 10.4. The Kier molecular flexibility index (Phi) is 7.25. The summed E-state index contributed by atoms with van der Waals surface area (Å²) in [7, 11) is 1.55. The van der Waals surface area contributed by atoms with Crippen molar-refractivity contribution in [2.75, 3.05) is 13.7 Å². The van der Waals surface area contributed by atoms with E-state index in [1.807, 2.05) is 0 Å². The second kappa shape index (κ2) is 10.1. The lowest BCUT2D eigenvalue weighted by atomic mass is 10.0. The van der Waals surface area contributed by atoms with Crippen LogP contribution in [-0.2, 0) is 14.3 Å². The van der Waals surface area contributed by atoms with Gasteiger partial charge in [0.1, 0.15) is 5.75 Å². The summed E-state index contributed by atoms with van der Waals surface area (Å²) in [6.07, 6.45) is -0.413. The zero-order valence-electron chi connectivity index (χ0n) is 18.3. The summed E-state index contributed by atoms with van der Waals surface area (Å²) in [5, 5.41) is 2.82. The van der Waals surface area contributed by atoms with E-state index in [2.05, 4.69) is 5.32 Å². The van der Waals surface area contributed by atoms with Crippen LogP contribution >= 0.6 is 0 Å². The molecule has 0 saturated heterocycles. The third kappa shape index (κ3) is 5.32. The van der Waals surface area contributed by atoms with Crippen LogP contribution in [0.5, 0.6) is 5.75 Å². The minimum atomic E-state index is -0.623. The lowest BCUT2D eigenvalue weighted by Gasteiger charge is -2.20. The molecule has 1 atom stereocenters. The molecular weight excluding hydrogens is 412 g/mol. The third-order valence-corrected chi connectivity index (χ3v) is 5.03. The summed E-state index contributed by atoms with van der Waals surface area (Å²) in [5.74, 6) is -1.01. The van der Waals surface area contributed by atoms with Gasteiger partial charge >= 0.3 is 5.97 Å². The molecule has 1 N–H and O–H groups in total. The Balaban J connectivity index is 1.66. The molecule has 1 aliphatic rings. The van der Waals surface area contributed by atoms with Gasteiger partial charge in [-0.3, -0.25) is 24.1 Å². The number of esters is 1. The van der Waals surface area contributed by atoms with Crippen LogP contribution in [0.15, 0.2) is 48.5 Å². The van der Waals surface area contributed by atoms with E-state index in [0.29, 0.717) is 22.4 Å². The minimum Gasteiger partial charge on any atom is -0.497 e. The molecule has 1 unspecified atom stereocenters. The van der Waals surface area contributed by atoms with Crippen LogP contribution in [0.25, 0.3) is 0 Å². The van der Waals surface area contributed by atoms with Gasteiger partial charge in [0, 0.05) is 13.0 Å². The highest BCUT2D eigenvalue weighted by Crippen LogP contribution is 2.24. The molecule has 0 fully saturated rings. The van der Waals surface area contributed by atoms with Crippen molar-refractivity contribution in [2.45, 2.75) is 38.8 Å². The molecule has 2 aromatic rings. The van der Waals surface area contributed by atoms with Crippen LogP contribution in [0.4, 0.5) is 0 Å². The summed E-state index contributed by atoms with van der Waals surface area (Å²) in [4.78, 5) is 50.9. The van der Waals surface area contributed by atoms with E-state index in [4.69, 9.17) is 9.47 Å². The zero-order valence-corrected chi connectivity index (χ0v) is 18.3. The van der Waals surface area contributed by atoms with Crippen molar-refractivity contribution in [3.05, 3.63) is 65.2 Å². The van der Waals surface area contributed by atoms with Crippen molar-refractivity contribution in [2.24, 2.45) is 0 Å². The van der Waals surface area contributed by atoms with Crippen molar-refractivity contribution in [1.82, 2.24) is 10.2 Å². The van der Waals surface area contributed by atoms with Crippen molar-refractivity contribution in [3.63, 3.8) is 0 Å². The van der Waals surface area contributed by atoms with Gasteiger partial charge in [-0.15, -0.1) is 0 Å². The maximum atomic E-state index is 12.7. The van der Waals surface area contributed by atoms with Crippen LogP contribution in [0.1, 0.15) is 59.0 Å². The number of carbonyl (C=O) groups excluding carboxylic acids is 4. The molecule has 3 amide bonds. The Labute approximate surface area is 186 Å². The molecular formula is C24H26N2O6. The number of fused-ring (bicyclic) bond motifs is 1. The molecule has 8 nitrogen and oxygen atoms in total. The largest absolute Gasteiger partial charge is 0.497 e.